The van der Waals surface area contributed by atoms with Crippen molar-refractivity contribution >= 4 is 11.8 Å². The lowest BCUT2D eigenvalue weighted by molar-refractivity contribution is 0.345. The zero-order valence-electron chi connectivity index (χ0n) is 7.55. The van der Waals surface area contributed by atoms with E-state index >= 15 is 0 Å². The van der Waals surface area contributed by atoms with Crippen molar-refractivity contribution < 1.29 is 0 Å². The van der Waals surface area contributed by atoms with E-state index < -0.39 is 0 Å². The van der Waals surface area contributed by atoms with E-state index in [0.29, 0.717) is 12.0 Å². The highest BCUT2D eigenvalue weighted by Gasteiger charge is 2.22. The molecule has 1 fully saturated rings. The van der Waals surface area contributed by atoms with Crippen molar-refractivity contribution in [3.63, 3.8) is 0 Å². The maximum absolute atomic E-state index is 6.08. The molecule has 66 valence electrons. The molecule has 2 atom stereocenters. The molecule has 1 nitrogen and oxygen atoms in total. The number of hydrogen-bond acceptors (Lipinski definition) is 2. The Balaban J connectivity index is 2.32. The van der Waals surface area contributed by atoms with E-state index in [9.17, 15) is 0 Å². The van der Waals surface area contributed by atoms with Gasteiger partial charge in [0.2, 0.25) is 0 Å². The molecular formula is C9H19NS. The topological polar surface area (TPSA) is 26.0 Å². The first-order valence-electron chi connectivity index (χ1n) is 4.55. The average Bonchev–Trinajstić information content (AvgIpc) is 2.05. The summed E-state index contributed by atoms with van der Waals surface area (Å²) in [6.07, 6.45) is 2.72. The van der Waals surface area contributed by atoms with E-state index in [-0.39, 0.29) is 0 Å². The Morgan fingerprint density at radius 2 is 2.18 bits per heavy atom. The van der Waals surface area contributed by atoms with Gasteiger partial charge in [0.15, 0.2) is 0 Å². The number of rotatable bonds is 2. The second kappa shape index (κ2) is 4.36. The van der Waals surface area contributed by atoms with Gasteiger partial charge in [0.1, 0.15) is 0 Å². The van der Waals surface area contributed by atoms with Crippen LogP contribution in [0.15, 0.2) is 0 Å². The van der Waals surface area contributed by atoms with Crippen molar-refractivity contribution in [2.45, 2.75) is 32.7 Å². The van der Waals surface area contributed by atoms with Crippen LogP contribution in [0.5, 0.6) is 0 Å². The first-order valence-corrected chi connectivity index (χ1v) is 5.70. The van der Waals surface area contributed by atoms with Crippen LogP contribution in [0, 0.1) is 11.8 Å². The molecule has 11 heavy (non-hydrogen) atoms. The van der Waals surface area contributed by atoms with Crippen LogP contribution in [0.3, 0.4) is 0 Å². The fraction of sp³-hybridized carbons (Fsp3) is 1.00. The fourth-order valence-electron chi connectivity index (χ4n) is 1.61. The van der Waals surface area contributed by atoms with Crippen LogP contribution < -0.4 is 5.73 Å². The largest absolute Gasteiger partial charge is 0.327 e. The minimum Gasteiger partial charge on any atom is -0.327 e. The van der Waals surface area contributed by atoms with Gasteiger partial charge in [-0.05, 0) is 36.2 Å². The van der Waals surface area contributed by atoms with Gasteiger partial charge in [0, 0.05) is 6.04 Å². The Kier molecular flexibility index (Phi) is 3.73. The van der Waals surface area contributed by atoms with Gasteiger partial charge >= 0.3 is 0 Å². The lowest BCUT2D eigenvalue weighted by Crippen LogP contribution is -2.37. The number of nitrogens with two attached hydrogens (primary N) is 1. The Labute approximate surface area is 74.1 Å². The molecule has 0 aliphatic carbocycles. The van der Waals surface area contributed by atoms with Crippen molar-refractivity contribution in [3.8, 4) is 0 Å². The Morgan fingerprint density at radius 1 is 1.45 bits per heavy atom. The van der Waals surface area contributed by atoms with Crippen LogP contribution in [0.1, 0.15) is 26.7 Å². The van der Waals surface area contributed by atoms with Gasteiger partial charge in [-0.15, -0.1) is 0 Å². The minimum absolute atomic E-state index is 0.433. The van der Waals surface area contributed by atoms with E-state index in [0.717, 1.165) is 5.92 Å². The van der Waals surface area contributed by atoms with Crippen LogP contribution in [0.4, 0.5) is 0 Å². The molecule has 0 aromatic heterocycles. The normalized spacial score (nSPS) is 28.9. The van der Waals surface area contributed by atoms with Gasteiger partial charge < -0.3 is 5.73 Å². The van der Waals surface area contributed by atoms with E-state index in [4.69, 9.17) is 5.73 Å². The molecule has 1 aliphatic heterocycles. The maximum atomic E-state index is 6.08. The van der Waals surface area contributed by atoms with Gasteiger partial charge in [0.05, 0.1) is 0 Å². The summed E-state index contributed by atoms with van der Waals surface area (Å²) in [4.78, 5) is 0. The third kappa shape index (κ3) is 2.68. The van der Waals surface area contributed by atoms with E-state index in [2.05, 4.69) is 25.6 Å². The zero-order chi connectivity index (χ0) is 8.27. The molecule has 0 bridgehead atoms. The molecule has 0 radical (unpaired) electrons. The predicted molar refractivity (Wildman–Crippen MR) is 52.9 cm³/mol. The molecule has 1 aliphatic rings. The first kappa shape index (κ1) is 9.40. The van der Waals surface area contributed by atoms with Gasteiger partial charge in [-0.2, -0.15) is 11.8 Å². The predicted octanol–water partition coefficient (Wildman–Crippen LogP) is 2.11. The highest BCUT2D eigenvalue weighted by molar-refractivity contribution is 7.99. The molecule has 2 unspecified atom stereocenters. The van der Waals surface area contributed by atoms with Gasteiger partial charge in [-0.3, -0.25) is 0 Å². The summed E-state index contributed by atoms with van der Waals surface area (Å²) in [5.41, 5.74) is 6.08. The smallest absolute Gasteiger partial charge is 0.00982 e. The lowest BCUT2D eigenvalue weighted by atomic mass is 9.89. The first-order chi connectivity index (χ1) is 5.22. The maximum Gasteiger partial charge on any atom is 0.00982 e. The van der Waals surface area contributed by atoms with Crippen molar-refractivity contribution in [3.05, 3.63) is 0 Å². The average molecular weight is 173 g/mol. The van der Waals surface area contributed by atoms with Crippen molar-refractivity contribution in [1.82, 2.24) is 0 Å². The Hall–Kier alpha value is 0.310. The van der Waals surface area contributed by atoms with Crippen molar-refractivity contribution in [2.75, 3.05) is 11.5 Å². The summed E-state index contributed by atoms with van der Waals surface area (Å²) in [7, 11) is 0. The fourth-order valence-corrected chi connectivity index (χ4v) is 2.84. The molecule has 1 rings (SSSR count). The summed E-state index contributed by atoms with van der Waals surface area (Å²) in [5.74, 6) is 4.08. The van der Waals surface area contributed by atoms with E-state index in [1.807, 2.05) is 0 Å². The summed E-state index contributed by atoms with van der Waals surface area (Å²) in [6, 6.07) is 0.433. The molecule has 1 saturated heterocycles. The summed E-state index contributed by atoms with van der Waals surface area (Å²) >= 11 is 2.07. The molecule has 1 heterocycles. The van der Waals surface area contributed by atoms with Gasteiger partial charge in [0.25, 0.3) is 0 Å². The third-order valence-electron chi connectivity index (χ3n) is 2.51. The SMILES string of the molecule is CC(C)C(N)C1CCCSC1. The monoisotopic (exact) mass is 173 g/mol. The Morgan fingerprint density at radius 3 is 2.64 bits per heavy atom. The molecule has 0 aromatic carbocycles. The van der Waals surface area contributed by atoms with Gasteiger partial charge in [-0.25, -0.2) is 0 Å². The molecule has 0 saturated carbocycles. The van der Waals surface area contributed by atoms with Crippen LogP contribution in [0.25, 0.3) is 0 Å². The second-order valence-corrected chi connectivity index (χ2v) is 4.95. The minimum atomic E-state index is 0.433. The number of hydrogen-bond donors (Lipinski definition) is 1. The summed E-state index contributed by atoms with van der Waals surface area (Å²) in [5, 5.41) is 0. The van der Waals surface area contributed by atoms with Crippen molar-refractivity contribution in [2.24, 2.45) is 17.6 Å². The molecule has 2 heteroatoms. The van der Waals surface area contributed by atoms with Crippen LogP contribution in [-0.2, 0) is 0 Å². The quantitative estimate of drug-likeness (QED) is 0.692. The third-order valence-corrected chi connectivity index (χ3v) is 3.75. The van der Waals surface area contributed by atoms with E-state index in [1.54, 1.807) is 0 Å². The summed E-state index contributed by atoms with van der Waals surface area (Å²) < 4.78 is 0. The summed E-state index contributed by atoms with van der Waals surface area (Å²) in [6.45, 7) is 4.45. The second-order valence-electron chi connectivity index (χ2n) is 3.80. The van der Waals surface area contributed by atoms with Crippen LogP contribution >= 0.6 is 11.8 Å². The van der Waals surface area contributed by atoms with Gasteiger partial charge in [-0.1, -0.05) is 13.8 Å². The highest BCUT2D eigenvalue weighted by Crippen LogP contribution is 2.26. The van der Waals surface area contributed by atoms with Crippen LogP contribution in [0.2, 0.25) is 0 Å². The standard InChI is InChI=1S/C9H19NS/c1-7(2)9(10)8-4-3-5-11-6-8/h7-9H,3-6,10H2,1-2H3. The Bertz CT molecular complexity index is 108. The highest BCUT2D eigenvalue weighted by atomic mass is 32.2. The number of thioether (sulfide) groups is 1. The zero-order valence-corrected chi connectivity index (χ0v) is 8.36. The molecule has 2 N–H and O–H groups in total. The van der Waals surface area contributed by atoms with Crippen LogP contribution in [-0.4, -0.2) is 17.5 Å². The molecule has 0 aromatic rings. The van der Waals surface area contributed by atoms with Crippen molar-refractivity contribution in [1.29, 1.82) is 0 Å². The molecule has 0 spiro atoms. The molecule has 0 amide bonds. The van der Waals surface area contributed by atoms with E-state index in [1.165, 1.54) is 24.3 Å². The lowest BCUT2D eigenvalue weighted by Gasteiger charge is -2.29. The molecular weight excluding hydrogens is 154 g/mol.